The van der Waals surface area contributed by atoms with Gasteiger partial charge in [0.25, 0.3) is 0 Å². The maximum absolute atomic E-state index is 4.70. The van der Waals surface area contributed by atoms with E-state index in [2.05, 4.69) is 17.1 Å². The second-order valence-corrected chi connectivity index (χ2v) is 5.42. The van der Waals surface area contributed by atoms with Crippen LogP contribution in [0.25, 0.3) is 17.1 Å². The van der Waals surface area contributed by atoms with E-state index in [1.807, 2.05) is 24.3 Å². The fourth-order valence-corrected chi connectivity index (χ4v) is 2.71. The van der Waals surface area contributed by atoms with Gasteiger partial charge < -0.3 is 0 Å². The van der Waals surface area contributed by atoms with Crippen LogP contribution in [-0.4, -0.2) is 26.8 Å². The van der Waals surface area contributed by atoms with E-state index in [0.717, 1.165) is 28.8 Å². The number of para-hydroxylation sites is 2. The number of fused-ring (bicyclic) bond motifs is 2. The van der Waals surface area contributed by atoms with Crippen LogP contribution in [0.2, 0.25) is 0 Å². The average molecular weight is 258 g/mol. The number of allylic oxidation sites excluding steroid dienone is 1. The molecule has 1 aromatic carbocycles. The van der Waals surface area contributed by atoms with Gasteiger partial charge in [-0.1, -0.05) is 0 Å². The SMILES string of the molecule is [AsH2]C1CC=Cc2nc3ccccc3nc21. The summed E-state index contributed by atoms with van der Waals surface area (Å²) in [7, 11) is 0. The predicted octanol–water partition coefficient (Wildman–Crippen LogP) is 1.72. The number of benzene rings is 1. The van der Waals surface area contributed by atoms with Crippen LogP contribution in [0.4, 0.5) is 0 Å². The molecule has 0 N–H and O–H groups in total. The van der Waals surface area contributed by atoms with E-state index in [-0.39, 0.29) is 0 Å². The van der Waals surface area contributed by atoms with Crippen molar-refractivity contribution in [3.63, 3.8) is 0 Å². The van der Waals surface area contributed by atoms with Gasteiger partial charge in [-0.05, 0) is 0 Å². The van der Waals surface area contributed by atoms with Crippen molar-refractivity contribution in [1.29, 1.82) is 0 Å². The van der Waals surface area contributed by atoms with Crippen molar-refractivity contribution in [3.8, 4) is 0 Å². The van der Waals surface area contributed by atoms with Crippen LogP contribution in [0.15, 0.2) is 30.3 Å². The van der Waals surface area contributed by atoms with Gasteiger partial charge in [0, 0.05) is 0 Å². The second kappa shape index (κ2) is 3.46. The van der Waals surface area contributed by atoms with Crippen LogP contribution in [0, 0.1) is 0 Å². The summed E-state index contributed by atoms with van der Waals surface area (Å²) in [5.74, 6) is 0. The van der Waals surface area contributed by atoms with E-state index in [0.29, 0.717) is 4.71 Å². The van der Waals surface area contributed by atoms with Gasteiger partial charge in [0.1, 0.15) is 0 Å². The van der Waals surface area contributed by atoms with E-state index in [1.54, 1.807) is 16.9 Å². The minimum atomic E-state index is 0.551. The van der Waals surface area contributed by atoms with Crippen LogP contribution < -0.4 is 0 Å². The summed E-state index contributed by atoms with van der Waals surface area (Å²) in [6, 6.07) is 8.06. The molecule has 0 saturated heterocycles. The van der Waals surface area contributed by atoms with Gasteiger partial charge in [0.2, 0.25) is 0 Å². The zero-order valence-corrected chi connectivity index (χ0v) is 10.6. The van der Waals surface area contributed by atoms with E-state index in [1.165, 1.54) is 0 Å². The molecular formula is C12H11AsN2. The third-order valence-corrected chi connectivity index (χ3v) is 3.88. The molecule has 2 aromatic rings. The van der Waals surface area contributed by atoms with E-state index in [9.17, 15) is 0 Å². The van der Waals surface area contributed by atoms with Crippen molar-refractivity contribution >= 4 is 34.0 Å². The van der Waals surface area contributed by atoms with Gasteiger partial charge in [0.15, 0.2) is 0 Å². The van der Waals surface area contributed by atoms with Gasteiger partial charge >= 0.3 is 96.8 Å². The topological polar surface area (TPSA) is 25.8 Å². The molecule has 1 heterocycles. The minimum absolute atomic E-state index is 0.551. The van der Waals surface area contributed by atoms with Crippen LogP contribution in [-0.2, 0) is 0 Å². The zero-order chi connectivity index (χ0) is 10.3. The summed E-state index contributed by atoms with van der Waals surface area (Å²) < 4.78 is 0.551. The molecule has 0 aliphatic heterocycles. The molecular weight excluding hydrogens is 247 g/mol. The molecule has 0 amide bonds. The first-order valence-electron chi connectivity index (χ1n) is 5.03. The molecule has 0 saturated carbocycles. The number of nitrogens with zero attached hydrogens (tertiary/aromatic N) is 2. The molecule has 3 heteroatoms. The average Bonchev–Trinajstić information content (AvgIpc) is 2.27. The molecule has 1 aliphatic carbocycles. The molecule has 0 radical (unpaired) electrons. The maximum atomic E-state index is 4.70. The Bertz CT molecular complexity index is 548. The Balaban J connectivity index is 2.33. The first kappa shape index (κ1) is 9.11. The summed E-state index contributed by atoms with van der Waals surface area (Å²) in [5.41, 5.74) is 4.21. The molecule has 15 heavy (non-hydrogen) atoms. The molecule has 74 valence electrons. The van der Waals surface area contributed by atoms with Crippen molar-refractivity contribution in [3.05, 3.63) is 41.7 Å². The Morgan fingerprint density at radius 2 is 1.87 bits per heavy atom. The molecule has 0 bridgehead atoms. The number of hydrogen-bond acceptors (Lipinski definition) is 2. The third kappa shape index (κ3) is 1.49. The van der Waals surface area contributed by atoms with Gasteiger partial charge in [-0.3, -0.25) is 0 Å². The Morgan fingerprint density at radius 3 is 2.67 bits per heavy atom. The summed E-state index contributed by atoms with van der Waals surface area (Å²) in [6.45, 7) is 0. The normalized spacial score (nSPS) is 19.1. The summed E-state index contributed by atoms with van der Waals surface area (Å²) in [5, 5.41) is 0. The summed E-state index contributed by atoms with van der Waals surface area (Å²) in [6.07, 6.45) is 5.38. The Morgan fingerprint density at radius 1 is 1.13 bits per heavy atom. The van der Waals surface area contributed by atoms with Crippen LogP contribution in [0.3, 0.4) is 0 Å². The van der Waals surface area contributed by atoms with E-state index >= 15 is 0 Å². The number of hydrogen-bond donors (Lipinski definition) is 0. The number of rotatable bonds is 0. The second-order valence-electron chi connectivity index (χ2n) is 3.73. The van der Waals surface area contributed by atoms with Gasteiger partial charge in [-0.15, -0.1) is 0 Å². The van der Waals surface area contributed by atoms with Crippen molar-refractivity contribution in [2.24, 2.45) is 0 Å². The Labute approximate surface area is 96.9 Å². The molecule has 0 spiro atoms. The molecule has 1 aromatic heterocycles. The summed E-state index contributed by atoms with van der Waals surface area (Å²) >= 11 is 1.73. The van der Waals surface area contributed by atoms with Crippen LogP contribution in [0.5, 0.6) is 0 Å². The fourth-order valence-electron chi connectivity index (χ4n) is 1.86. The first-order chi connectivity index (χ1) is 7.34. The van der Waals surface area contributed by atoms with E-state index < -0.39 is 0 Å². The van der Waals surface area contributed by atoms with E-state index in [4.69, 9.17) is 4.98 Å². The van der Waals surface area contributed by atoms with Crippen molar-refractivity contribution in [1.82, 2.24) is 9.97 Å². The molecule has 2 nitrogen and oxygen atoms in total. The molecule has 2 unspecified atom stereocenters. The zero-order valence-electron chi connectivity index (χ0n) is 8.22. The fraction of sp³-hybridized carbons (Fsp3) is 0.167. The van der Waals surface area contributed by atoms with Gasteiger partial charge in [0.05, 0.1) is 0 Å². The first-order valence-corrected chi connectivity index (χ1v) is 6.43. The Kier molecular flexibility index (Phi) is 2.10. The van der Waals surface area contributed by atoms with Crippen molar-refractivity contribution in [2.45, 2.75) is 11.1 Å². The number of aromatic nitrogens is 2. The quantitative estimate of drug-likeness (QED) is 0.672. The van der Waals surface area contributed by atoms with Crippen molar-refractivity contribution in [2.75, 3.05) is 0 Å². The third-order valence-electron chi connectivity index (χ3n) is 2.64. The Hall–Kier alpha value is -1.14. The van der Waals surface area contributed by atoms with Gasteiger partial charge in [-0.25, -0.2) is 0 Å². The monoisotopic (exact) mass is 258 g/mol. The van der Waals surface area contributed by atoms with Crippen molar-refractivity contribution < 1.29 is 0 Å². The van der Waals surface area contributed by atoms with Crippen LogP contribution >= 0.6 is 0 Å². The molecule has 1 aliphatic rings. The standard InChI is InChI=1S/C12H11AsN2/c13-8-4-3-7-11-12(8)15-10-6-2-1-5-9(10)14-11/h1-3,5-8H,4,13H2. The molecule has 0 fully saturated rings. The predicted molar refractivity (Wildman–Crippen MR) is 64.5 cm³/mol. The molecule has 3 rings (SSSR count). The van der Waals surface area contributed by atoms with Gasteiger partial charge in [-0.2, -0.15) is 0 Å². The summed E-state index contributed by atoms with van der Waals surface area (Å²) in [4.78, 5) is 9.33. The van der Waals surface area contributed by atoms with Crippen LogP contribution in [0.1, 0.15) is 22.5 Å². The molecule has 2 atom stereocenters.